The summed E-state index contributed by atoms with van der Waals surface area (Å²) in [6.07, 6.45) is 8.72. The first-order chi connectivity index (χ1) is 37.1. The number of ether oxygens (including phenoxy) is 1. The molecule has 3 heterocycles. The fraction of sp³-hybridized carbons (Fsp3) is 0.143. The van der Waals surface area contributed by atoms with Gasteiger partial charge in [-0.1, -0.05) is 175 Å². The molecular formula is C70H53N4OPt-3. The molecule has 6 heteroatoms. The van der Waals surface area contributed by atoms with Crippen LogP contribution in [0.15, 0.2) is 231 Å². The molecule has 4 bridgehead atoms. The van der Waals surface area contributed by atoms with Crippen LogP contribution >= 0.6 is 0 Å². The van der Waals surface area contributed by atoms with Crippen molar-refractivity contribution in [3.05, 3.63) is 261 Å². The van der Waals surface area contributed by atoms with Crippen LogP contribution < -0.4 is 14.5 Å². The van der Waals surface area contributed by atoms with E-state index in [1.54, 1.807) is 0 Å². The summed E-state index contributed by atoms with van der Waals surface area (Å²) in [4.78, 5) is 9.80. The van der Waals surface area contributed by atoms with Crippen LogP contribution in [0.1, 0.15) is 43.2 Å². The third kappa shape index (κ3) is 7.65. The standard InChI is InChI=1S/C70H53N4O.Pt/c1-5-18-49(19-6-1)52-41-57(72-46-73(66-31-16-15-30-65(66)72)69-60(50-20-7-2-8-21-50)27-17-28-61(69)51-22-9-3-10-23-51)44-59(42-52)75-58-32-33-63-62-26-13-14-29-64(62)74(67(63)45-58)68-43-54(34-35-71-68)70(53-24-11-4-12-25-53)55-37-47-36-48(39-55)40-56(70)38-47;/h1-35,41-43,46-48,55-56H,36-40H2;/q-3;. The SMILES string of the molecule is [Pt].[c-]1c(Oc2[c-]c3c(cc2)c2ccccc2n3-c2cc(C3(c4ccccc4)C4CC5CC(C4)CC3C5)ccn2)cc(-c2ccccc2)cc1N1[CH-]N(c2c(-c3ccccc3)cccc2-c2ccccc2)c2ccccc21. The quantitative estimate of drug-likeness (QED) is 0.128. The van der Waals surface area contributed by atoms with E-state index < -0.39 is 0 Å². The van der Waals surface area contributed by atoms with E-state index in [9.17, 15) is 0 Å². The van der Waals surface area contributed by atoms with Gasteiger partial charge in [0.1, 0.15) is 5.82 Å². The minimum Gasteiger partial charge on any atom is -0.509 e. The van der Waals surface area contributed by atoms with Gasteiger partial charge in [0, 0.05) is 77.9 Å². The van der Waals surface area contributed by atoms with Gasteiger partial charge in [0.2, 0.25) is 0 Å². The van der Waals surface area contributed by atoms with Crippen LogP contribution in [-0.2, 0) is 26.5 Å². The Morgan fingerprint density at radius 2 is 1.07 bits per heavy atom. The number of nitrogens with zero attached hydrogens (tertiary/aromatic N) is 4. The molecule has 372 valence electrons. The Morgan fingerprint density at radius 1 is 0.474 bits per heavy atom. The molecule has 0 atom stereocenters. The number of fused-ring (bicyclic) bond motifs is 4. The third-order valence-electron chi connectivity index (χ3n) is 17.2. The van der Waals surface area contributed by atoms with Crippen molar-refractivity contribution in [1.29, 1.82) is 0 Å². The average Bonchev–Trinajstić information content (AvgIpc) is 4.06. The maximum absolute atomic E-state index is 7.05. The number of para-hydroxylation sites is 4. The Balaban J connectivity index is 0.00000528. The zero-order valence-corrected chi connectivity index (χ0v) is 44.1. The van der Waals surface area contributed by atoms with Crippen LogP contribution in [0, 0.1) is 42.5 Å². The van der Waals surface area contributed by atoms with Gasteiger partial charge in [-0.2, -0.15) is 6.07 Å². The topological polar surface area (TPSA) is 33.5 Å². The van der Waals surface area contributed by atoms with Gasteiger partial charge in [0.05, 0.1) is 0 Å². The molecule has 9 aromatic carbocycles. The molecule has 0 amide bonds. The first-order valence-electron chi connectivity index (χ1n) is 26.7. The molecule has 0 spiro atoms. The van der Waals surface area contributed by atoms with Crippen molar-refractivity contribution >= 4 is 44.6 Å². The molecule has 2 aromatic heterocycles. The molecule has 0 radical (unpaired) electrons. The van der Waals surface area contributed by atoms with Gasteiger partial charge in [-0.3, -0.25) is 0 Å². The van der Waals surface area contributed by atoms with Gasteiger partial charge in [-0.15, -0.1) is 53.6 Å². The van der Waals surface area contributed by atoms with Crippen LogP contribution in [-0.4, -0.2) is 9.55 Å². The van der Waals surface area contributed by atoms with Crippen molar-refractivity contribution < 1.29 is 25.8 Å². The van der Waals surface area contributed by atoms with Gasteiger partial charge in [-0.25, -0.2) is 4.98 Å². The average molecular weight is 1160 g/mol. The molecule has 4 aliphatic carbocycles. The summed E-state index contributed by atoms with van der Waals surface area (Å²) in [6, 6.07) is 88.2. The molecule has 0 unspecified atom stereocenters. The zero-order chi connectivity index (χ0) is 49.5. The Kier molecular flexibility index (Phi) is 11.6. The molecule has 5 nitrogen and oxygen atoms in total. The van der Waals surface area contributed by atoms with E-state index in [0.29, 0.717) is 23.3 Å². The smallest absolute Gasteiger partial charge is 0.135 e. The third-order valence-corrected chi connectivity index (χ3v) is 17.2. The number of hydrogen-bond acceptors (Lipinski definition) is 4. The summed E-state index contributed by atoms with van der Waals surface area (Å²) < 4.78 is 9.36. The van der Waals surface area contributed by atoms with Gasteiger partial charge in [0.25, 0.3) is 0 Å². The minimum absolute atomic E-state index is 0. The van der Waals surface area contributed by atoms with Gasteiger partial charge in [0.15, 0.2) is 0 Å². The van der Waals surface area contributed by atoms with Gasteiger partial charge >= 0.3 is 0 Å². The summed E-state index contributed by atoms with van der Waals surface area (Å²) in [7, 11) is 0. The van der Waals surface area contributed by atoms with Crippen LogP contribution in [0.25, 0.3) is 61.0 Å². The molecule has 76 heavy (non-hydrogen) atoms. The maximum atomic E-state index is 7.05. The minimum atomic E-state index is -0.0415. The van der Waals surface area contributed by atoms with Crippen molar-refractivity contribution in [2.24, 2.45) is 23.7 Å². The van der Waals surface area contributed by atoms with Gasteiger partial charge < -0.3 is 19.1 Å². The van der Waals surface area contributed by atoms with Crippen LogP contribution in [0.3, 0.4) is 0 Å². The van der Waals surface area contributed by atoms with Crippen LogP contribution in [0.2, 0.25) is 0 Å². The summed E-state index contributed by atoms with van der Waals surface area (Å²) in [6.45, 7) is 2.21. The summed E-state index contributed by atoms with van der Waals surface area (Å²) in [5, 5.41) is 2.26. The fourth-order valence-electron chi connectivity index (χ4n) is 14.3. The Hall–Kier alpha value is -7.98. The second-order valence-electron chi connectivity index (χ2n) is 21.2. The number of rotatable bonds is 10. The number of aromatic nitrogens is 2. The monoisotopic (exact) mass is 1160 g/mol. The number of hydrogen-bond donors (Lipinski definition) is 0. The Morgan fingerprint density at radius 3 is 1.74 bits per heavy atom. The largest absolute Gasteiger partial charge is 0.509 e. The van der Waals surface area contributed by atoms with E-state index in [1.807, 2.05) is 0 Å². The first kappa shape index (κ1) is 46.5. The number of pyridine rings is 1. The molecule has 16 rings (SSSR count). The van der Waals surface area contributed by atoms with E-state index in [0.717, 1.165) is 95.6 Å². The van der Waals surface area contributed by atoms with Crippen molar-refractivity contribution in [3.8, 4) is 50.7 Å². The number of anilines is 4. The number of benzene rings is 9. The summed E-state index contributed by atoms with van der Waals surface area (Å²) >= 11 is 0. The van der Waals surface area contributed by atoms with E-state index in [2.05, 4.69) is 264 Å². The van der Waals surface area contributed by atoms with Crippen LogP contribution in [0.5, 0.6) is 11.5 Å². The first-order valence-corrected chi connectivity index (χ1v) is 26.7. The van der Waals surface area contributed by atoms with Gasteiger partial charge in [-0.05, 0) is 119 Å². The van der Waals surface area contributed by atoms with Crippen molar-refractivity contribution in [3.63, 3.8) is 0 Å². The molecule has 11 aromatic rings. The molecular weight excluding hydrogens is 1110 g/mol. The normalized spacial score (nSPS) is 20.2. The van der Waals surface area contributed by atoms with Crippen molar-refractivity contribution in [2.45, 2.75) is 37.5 Å². The Labute approximate surface area is 459 Å². The molecule has 5 aliphatic rings. The fourth-order valence-corrected chi connectivity index (χ4v) is 14.3. The second kappa shape index (κ2) is 19.0. The molecule has 4 saturated carbocycles. The zero-order valence-electron chi connectivity index (χ0n) is 41.9. The second-order valence-corrected chi connectivity index (χ2v) is 21.2. The molecule has 0 saturated heterocycles. The van der Waals surface area contributed by atoms with E-state index in [4.69, 9.17) is 9.72 Å². The van der Waals surface area contributed by atoms with Crippen molar-refractivity contribution in [2.75, 3.05) is 9.80 Å². The van der Waals surface area contributed by atoms with Crippen molar-refractivity contribution in [1.82, 2.24) is 9.55 Å². The molecule has 4 fully saturated rings. The predicted molar refractivity (Wildman–Crippen MR) is 305 cm³/mol. The summed E-state index contributed by atoms with van der Waals surface area (Å²) in [5.41, 5.74) is 15.6. The summed E-state index contributed by atoms with van der Waals surface area (Å²) in [5.74, 6) is 5.06. The maximum Gasteiger partial charge on any atom is 0.135 e. The van der Waals surface area contributed by atoms with Crippen LogP contribution in [0.4, 0.5) is 22.7 Å². The molecule has 0 N–H and O–H groups in total. The van der Waals surface area contributed by atoms with E-state index in [1.165, 1.54) is 43.2 Å². The predicted octanol–water partition coefficient (Wildman–Crippen LogP) is 17.7. The molecule has 1 aliphatic heterocycles. The Bertz CT molecular complexity index is 3850. The van der Waals surface area contributed by atoms with E-state index in [-0.39, 0.29) is 26.5 Å². The van der Waals surface area contributed by atoms with E-state index >= 15 is 0 Å².